The standard InChI is InChI=1S/C6H8ClFO4S/c7-13(11,12)3-6(8)1-4(2-6)5(9)10/h4H,1-3H2,(H,9,10). The molecule has 1 saturated carbocycles. The lowest BCUT2D eigenvalue weighted by molar-refractivity contribution is -0.150. The molecule has 1 fully saturated rings. The molecule has 13 heavy (non-hydrogen) atoms. The van der Waals surface area contributed by atoms with Gasteiger partial charge in [0.15, 0.2) is 0 Å². The van der Waals surface area contributed by atoms with Gasteiger partial charge in [-0.05, 0) is 12.8 Å². The highest BCUT2D eigenvalue weighted by atomic mass is 35.7. The second-order valence-electron chi connectivity index (χ2n) is 3.28. The number of hydrogen-bond donors (Lipinski definition) is 1. The van der Waals surface area contributed by atoms with Crippen molar-refractivity contribution in [3.05, 3.63) is 0 Å². The molecule has 7 heteroatoms. The highest BCUT2D eigenvalue weighted by molar-refractivity contribution is 8.13. The zero-order chi connectivity index (χ0) is 10.3. The van der Waals surface area contributed by atoms with Gasteiger partial charge in [0, 0.05) is 10.7 Å². The van der Waals surface area contributed by atoms with E-state index in [1.54, 1.807) is 0 Å². The fourth-order valence-electron chi connectivity index (χ4n) is 1.42. The molecule has 1 rings (SSSR count). The van der Waals surface area contributed by atoms with Crippen LogP contribution < -0.4 is 0 Å². The van der Waals surface area contributed by atoms with Crippen molar-refractivity contribution in [2.75, 3.05) is 5.75 Å². The molecule has 4 nitrogen and oxygen atoms in total. The van der Waals surface area contributed by atoms with E-state index < -0.39 is 32.4 Å². The highest BCUT2D eigenvalue weighted by Gasteiger charge is 2.50. The second kappa shape index (κ2) is 3.09. The third-order valence-corrected chi connectivity index (χ3v) is 3.19. The van der Waals surface area contributed by atoms with E-state index in [4.69, 9.17) is 15.8 Å². The molecule has 1 aliphatic rings. The molecule has 76 valence electrons. The number of carboxylic acids is 1. The third kappa shape index (κ3) is 2.80. The second-order valence-corrected chi connectivity index (χ2v) is 6.05. The zero-order valence-electron chi connectivity index (χ0n) is 6.53. The molecule has 0 unspecified atom stereocenters. The van der Waals surface area contributed by atoms with Gasteiger partial charge in [0.1, 0.15) is 5.67 Å². The predicted molar refractivity (Wildman–Crippen MR) is 43.8 cm³/mol. The van der Waals surface area contributed by atoms with Crippen molar-refractivity contribution in [2.24, 2.45) is 5.92 Å². The Bertz CT molecular complexity index is 320. The molecule has 0 aromatic rings. The third-order valence-electron chi connectivity index (χ3n) is 2.00. The molecule has 0 aromatic carbocycles. The van der Waals surface area contributed by atoms with Gasteiger partial charge in [-0.2, -0.15) is 0 Å². The molecular weight excluding hydrogens is 223 g/mol. The minimum absolute atomic E-state index is 0.270. The van der Waals surface area contributed by atoms with Crippen LogP contribution in [0.2, 0.25) is 0 Å². The maximum atomic E-state index is 13.3. The maximum Gasteiger partial charge on any atom is 0.306 e. The summed E-state index contributed by atoms with van der Waals surface area (Å²) in [4.78, 5) is 10.3. The van der Waals surface area contributed by atoms with Crippen molar-refractivity contribution in [1.82, 2.24) is 0 Å². The van der Waals surface area contributed by atoms with E-state index in [1.807, 2.05) is 0 Å². The predicted octanol–water partition coefficient (Wildman–Crippen LogP) is 0.758. The van der Waals surface area contributed by atoms with Crippen LogP contribution in [0.3, 0.4) is 0 Å². The molecule has 0 radical (unpaired) electrons. The number of carbonyl (C=O) groups is 1. The molecule has 0 aliphatic heterocycles. The lowest BCUT2D eigenvalue weighted by atomic mass is 9.73. The maximum absolute atomic E-state index is 13.3. The minimum atomic E-state index is -3.89. The number of hydrogen-bond acceptors (Lipinski definition) is 3. The van der Waals surface area contributed by atoms with Gasteiger partial charge in [-0.1, -0.05) is 0 Å². The molecule has 0 bridgehead atoms. The van der Waals surface area contributed by atoms with Crippen LogP contribution in [0.5, 0.6) is 0 Å². The summed E-state index contributed by atoms with van der Waals surface area (Å²) in [6, 6.07) is 0. The van der Waals surface area contributed by atoms with E-state index in [9.17, 15) is 17.6 Å². The van der Waals surface area contributed by atoms with E-state index in [-0.39, 0.29) is 12.8 Å². The van der Waals surface area contributed by atoms with Crippen LogP contribution in [-0.4, -0.2) is 30.9 Å². The molecule has 0 amide bonds. The van der Waals surface area contributed by atoms with E-state index in [0.717, 1.165) is 0 Å². The largest absolute Gasteiger partial charge is 0.481 e. The SMILES string of the molecule is O=C(O)C1CC(F)(CS(=O)(=O)Cl)C1. The summed E-state index contributed by atoms with van der Waals surface area (Å²) in [5.74, 6) is -2.67. The van der Waals surface area contributed by atoms with Crippen molar-refractivity contribution in [2.45, 2.75) is 18.5 Å². The van der Waals surface area contributed by atoms with Gasteiger partial charge in [0.2, 0.25) is 9.05 Å². The van der Waals surface area contributed by atoms with Crippen LogP contribution in [0.15, 0.2) is 0 Å². The number of carboxylic acid groups (broad SMARTS) is 1. The molecule has 0 spiro atoms. The van der Waals surface area contributed by atoms with E-state index in [1.165, 1.54) is 0 Å². The Kier molecular flexibility index (Phi) is 2.55. The van der Waals surface area contributed by atoms with Crippen molar-refractivity contribution in [1.29, 1.82) is 0 Å². The molecule has 1 aliphatic carbocycles. The normalized spacial score (nSPS) is 33.8. The van der Waals surface area contributed by atoms with Crippen LogP contribution in [0.4, 0.5) is 4.39 Å². The molecule has 0 atom stereocenters. The fraction of sp³-hybridized carbons (Fsp3) is 0.833. The van der Waals surface area contributed by atoms with E-state index >= 15 is 0 Å². The van der Waals surface area contributed by atoms with Crippen LogP contribution >= 0.6 is 10.7 Å². The first-order chi connectivity index (χ1) is 5.72. The zero-order valence-corrected chi connectivity index (χ0v) is 8.11. The van der Waals surface area contributed by atoms with Crippen LogP contribution in [0, 0.1) is 5.92 Å². The quantitative estimate of drug-likeness (QED) is 0.727. The smallest absolute Gasteiger partial charge is 0.306 e. The average molecular weight is 231 g/mol. The topological polar surface area (TPSA) is 71.4 Å². The molecule has 0 aromatic heterocycles. The first-order valence-corrected chi connectivity index (χ1v) is 6.04. The van der Waals surface area contributed by atoms with Gasteiger partial charge >= 0.3 is 5.97 Å². The number of rotatable bonds is 3. The molecule has 0 heterocycles. The monoisotopic (exact) mass is 230 g/mol. The van der Waals surface area contributed by atoms with Crippen LogP contribution in [-0.2, 0) is 13.8 Å². The Labute approximate surface area is 79.1 Å². The molecule has 0 saturated heterocycles. The van der Waals surface area contributed by atoms with Crippen molar-refractivity contribution < 1.29 is 22.7 Å². The summed E-state index contributed by atoms with van der Waals surface area (Å²) in [6.45, 7) is 0. The molecule has 1 N–H and O–H groups in total. The van der Waals surface area contributed by atoms with E-state index in [2.05, 4.69) is 0 Å². The first-order valence-electron chi connectivity index (χ1n) is 3.56. The van der Waals surface area contributed by atoms with Gasteiger partial charge in [0.25, 0.3) is 0 Å². The minimum Gasteiger partial charge on any atom is -0.481 e. The number of halogens is 2. The summed E-state index contributed by atoms with van der Waals surface area (Å²) < 4.78 is 34.3. The van der Waals surface area contributed by atoms with Crippen LogP contribution in [0.1, 0.15) is 12.8 Å². The first kappa shape index (κ1) is 10.7. The summed E-state index contributed by atoms with van der Waals surface area (Å²) in [5, 5.41) is 8.41. The van der Waals surface area contributed by atoms with Crippen molar-refractivity contribution in [3.8, 4) is 0 Å². The highest BCUT2D eigenvalue weighted by Crippen LogP contribution is 2.42. The summed E-state index contributed by atoms with van der Waals surface area (Å²) in [5.41, 5.74) is -1.94. The van der Waals surface area contributed by atoms with Crippen molar-refractivity contribution >= 4 is 25.7 Å². The summed E-state index contributed by atoms with van der Waals surface area (Å²) in [6.07, 6.45) is -0.539. The van der Waals surface area contributed by atoms with Gasteiger partial charge in [-0.15, -0.1) is 0 Å². The van der Waals surface area contributed by atoms with Crippen molar-refractivity contribution in [3.63, 3.8) is 0 Å². The van der Waals surface area contributed by atoms with Gasteiger partial charge in [-0.3, -0.25) is 4.79 Å². The Morgan fingerprint density at radius 1 is 1.62 bits per heavy atom. The van der Waals surface area contributed by atoms with Gasteiger partial charge in [-0.25, -0.2) is 12.8 Å². The Hall–Kier alpha value is -0.360. The van der Waals surface area contributed by atoms with Gasteiger partial charge in [0.05, 0.1) is 11.7 Å². The summed E-state index contributed by atoms with van der Waals surface area (Å²) in [7, 11) is 0.955. The Morgan fingerprint density at radius 2 is 2.08 bits per heavy atom. The van der Waals surface area contributed by atoms with Gasteiger partial charge < -0.3 is 5.11 Å². The van der Waals surface area contributed by atoms with Crippen LogP contribution in [0.25, 0.3) is 0 Å². The number of alkyl halides is 1. The number of aliphatic carboxylic acids is 1. The Morgan fingerprint density at radius 3 is 2.38 bits per heavy atom. The lowest BCUT2D eigenvalue weighted by Gasteiger charge is -2.37. The summed E-state index contributed by atoms with van der Waals surface area (Å²) >= 11 is 0. The Balaban J connectivity index is 2.52. The fourth-order valence-corrected chi connectivity index (χ4v) is 2.87. The lowest BCUT2D eigenvalue weighted by Crippen LogP contribution is -2.47. The molecular formula is C6H8ClFO4S. The average Bonchev–Trinajstić information content (AvgIpc) is 1.77. The van der Waals surface area contributed by atoms with E-state index in [0.29, 0.717) is 0 Å².